The number of nitrogens with zero attached hydrogens (tertiary/aromatic N) is 1. The number of anilines is 1. The first-order chi connectivity index (χ1) is 8.76. The molecule has 0 saturated heterocycles. The Balaban J connectivity index is 2.29. The molecular weight excluding hydrogens is 240 g/mol. The van der Waals surface area contributed by atoms with Crippen LogP contribution < -0.4 is 10.6 Å². The summed E-state index contributed by atoms with van der Waals surface area (Å²) in [5.41, 5.74) is 8.50. The predicted octanol–water partition coefficient (Wildman–Crippen LogP) is 3.58. The zero-order valence-electron chi connectivity index (χ0n) is 11.0. The Hall–Kier alpha value is -1.32. The van der Waals surface area contributed by atoms with Crippen molar-refractivity contribution >= 4 is 17.0 Å². The van der Waals surface area contributed by atoms with Crippen molar-refractivity contribution < 1.29 is 0 Å². The summed E-state index contributed by atoms with van der Waals surface area (Å²) in [5, 5.41) is 2.11. The summed E-state index contributed by atoms with van der Waals surface area (Å²) in [6.07, 6.45) is 0. The molecule has 3 heteroatoms. The third-order valence-electron chi connectivity index (χ3n) is 3.18. The van der Waals surface area contributed by atoms with Gasteiger partial charge in [0.25, 0.3) is 0 Å². The van der Waals surface area contributed by atoms with E-state index in [1.165, 1.54) is 16.1 Å². The molecule has 1 aromatic carbocycles. The van der Waals surface area contributed by atoms with Crippen molar-refractivity contribution in [3.8, 4) is 0 Å². The lowest BCUT2D eigenvalue weighted by Gasteiger charge is -2.31. The van der Waals surface area contributed by atoms with Crippen LogP contribution in [-0.4, -0.2) is 13.1 Å². The van der Waals surface area contributed by atoms with Crippen molar-refractivity contribution in [2.24, 2.45) is 5.73 Å². The van der Waals surface area contributed by atoms with E-state index in [-0.39, 0.29) is 6.04 Å². The fraction of sp³-hybridized carbons (Fsp3) is 0.333. The Morgan fingerprint density at radius 2 is 1.94 bits per heavy atom. The van der Waals surface area contributed by atoms with E-state index in [1.54, 1.807) is 11.3 Å². The van der Waals surface area contributed by atoms with E-state index in [0.717, 1.165) is 6.54 Å². The van der Waals surface area contributed by atoms with E-state index in [1.807, 2.05) is 0 Å². The number of likely N-dealkylation sites (N-methyl/N-ethyl adjacent to an activating group) is 1. The second-order valence-electron chi connectivity index (χ2n) is 4.39. The maximum Gasteiger partial charge on any atom is 0.0756 e. The second kappa shape index (κ2) is 6.03. The molecule has 1 aromatic heterocycles. The second-order valence-corrected chi connectivity index (χ2v) is 5.37. The molecule has 0 spiro atoms. The lowest BCUT2D eigenvalue weighted by molar-refractivity contribution is 0.653. The van der Waals surface area contributed by atoms with Gasteiger partial charge in [-0.05, 0) is 37.4 Å². The van der Waals surface area contributed by atoms with Crippen molar-refractivity contribution in [1.29, 1.82) is 0 Å². The molecule has 2 N–H and O–H groups in total. The molecule has 1 unspecified atom stereocenters. The Kier molecular flexibility index (Phi) is 4.39. The van der Waals surface area contributed by atoms with Gasteiger partial charge < -0.3 is 10.6 Å². The van der Waals surface area contributed by atoms with Crippen LogP contribution in [0.4, 0.5) is 5.69 Å². The largest absolute Gasteiger partial charge is 0.363 e. The maximum absolute atomic E-state index is 5.97. The highest BCUT2D eigenvalue weighted by Gasteiger charge is 2.18. The van der Waals surface area contributed by atoms with Crippen LogP contribution in [0.15, 0.2) is 41.8 Å². The van der Waals surface area contributed by atoms with Gasteiger partial charge in [-0.3, -0.25) is 0 Å². The van der Waals surface area contributed by atoms with Crippen molar-refractivity contribution in [1.82, 2.24) is 0 Å². The highest BCUT2D eigenvalue weighted by molar-refractivity contribution is 7.10. The molecule has 0 saturated carbocycles. The molecular formula is C15H20N2S. The molecule has 0 radical (unpaired) electrons. The first-order valence-corrected chi connectivity index (χ1v) is 7.21. The van der Waals surface area contributed by atoms with Crippen LogP contribution in [-0.2, 0) is 0 Å². The minimum Gasteiger partial charge on any atom is -0.363 e. The first-order valence-electron chi connectivity index (χ1n) is 6.33. The van der Waals surface area contributed by atoms with E-state index in [0.29, 0.717) is 6.54 Å². The smallest absolute Gasteiger partial charge is 0.0756 e. The Bertz CT molecular complexity index is 462. The molecule has 96 valence electrons. The van der Waals surface area contributed by atoms with E-state index in [9.17, 15) is 0 Å². The van der Waals surface area contributed by atoms with Crippen LogP contribution in [0, 0.1) is 6.92 Å². The third-order valence-corrected chi connectivity index (χ3v) is 4.15. The van der Waals surface area contributed by atoms with Gasteiger partial charge in [0.05, 0.1) is 6.04 Å². The Morgan fingerprint density at radius 1 is 1.22 bits per heavy atom. The normalized spacial score (nSPS) is 12.4. The molecule has 0 bridgehead atoms. The number of hydrogen-bond acceptors (Lipinski definition) is 3. The Morgan fingerprint density at radius 3 is 2.44 bits per heavy atom. The van der Waals surface area contributed by atoms with E-state index >= 15 is 0 Å². The van der Waals surface area contributed by atoms with Crippen LogP contribution in [0.2, 0.25) is 0 Å². The average molecular weight is 260 g/mol. The molecule has 0 aliphatic heterocycles. The quantitative estimate of drug-likeness (QED) is 0.890. The molecule has 0 amide bonds. The van der Waals surface area contributed by atoms with Crippen LogP contribution in [0.3, 0.4) is 0 Å². The minimum atomic E-state index is 0.276. The van der Waals surface area contributed by atoms with Gasteiger partial charge in [0, 0.05) is 23.7 Å². The van der Waals surface area contributed by atoms with Gasteiger partial charge in [0.2, 0.25) is 0 Å². The lowest BCUT2D eigenvalue weighted by atomic mass is 10.1. The number of benzene rings is 1. The molecule has 0 aliphatic carbocycles. The SMILES string of the molecule is CCN(c1ccc(C)cc1)C(CN)c1cccs1. The van der Waals surface area contributed by atoms with Crippen LogP contribution in [0.1, 0.15) is 23.4 Å². The van der Waals surface area contributed by atoms with Crippen molar-refractivity contribution in [3.63, 3.8) is 0 Å². The van der Waals surface area contributed by atoms with Gasteiger partial charge in [0.15, 0.2) is 0 Å². The first kappa shape index (κ1) is 13.1. The van der Waals surface area contributed by atoms with Crippen molar-refractivity contribution in [3.05, 3.63) is 52.2 Å². The van der Waals surface area contributed by atoms with Crippen LogP contribution >= 0.6 is 11.3 Å². The van der Waals surface area contributed by atoms with Gasteiger partial charge >= 0.3 is 0 Å². The Labute approximate surface area is 113 Å². The van der Waals surface area contributed by atoms with Crippen molar-refractivity contribution in [2.45, 2.75) is 19.9 Å². The summed E-state index contributed by atoms with van der Waals surface area (Å²) in [6.45, 7) is 5.89. The standard InChI is InChI=1S/C15H20N2S/c1-3-17(13-8-6-12(2)7-9-13)14(11-16)15-5-4-10-18-15/h4-10,14H,3,11,16H2,1-2H3. The molecule has 1 heterocycles. The van der Waals surface area contributed by atoms with Gasteiger partial charge in [-0.1, -0.05) is 23.8 Å². The zero-order valence-corrected chi connectivity index (χ0v) is 11.8. The van der Waals surface area contributed by atoms with E-state index in [2.05, 4.69) is 60.5 Å². The van der Waals surface area contributed by atoms with Gasteiger partial charge in [-0.25, -0.2) is 0 Å². The number of thiophene rings is 1. The molecule has 2 nitrogen and oxygen atoms in total. The summed E-state index contributed by atoms with van der Waals surface area (Å²) >= 11 is 1.78. The molecule has 2 aromatic rings. The predicted molar refractivity (Wildman–Crippen MR) is 80.3 cm³/mol. The summed E-state index contributed by atoms with van der Waals surface area (Å²) in [7, 11) is 0. The summed E-state index contributed by atoms with van der Waals surface area (Å²) in [4.78, 5) is 3.70. The molecule has 1 atom stereocenters. The maximum atomic E-state index is 5.97. The zero-order chi connectivity index (χ0) is 13.0. The minimum absolute atomic E-state index is 0.276. The van der Waals surface area contributed by atoms with E-state index in [4.69, 9.17) is 5.73 Å². The van der Waals surface area contributed by atoms with Gasteiger partial charge in [-0.2, -0.15) is 0 Å². The van der Waals surface area contributed by atoms with Gasteiger partial charge in [0.1, 0.15) is 0 Å². The van der Waals surface area contributed by atoms with E-state index < -0.39 is 0 Å². The van der Waals surface area contributed by atoms with Gasteiger partial charge in [-0.15, -0.1) is 11.3 Å². The third kappa shape index (κ3) is 2.74. The fourth-order valence-electron chi connectivity index (χ4n) is 2.20. The number of nitrogens with two attached hydrogens (primary N) is 1. The number of aryl methyl sites for hydroxylation is 1. The monoisotopic (exact) mass is 260 g/mol. The van der Waals surface area contributed by atoms with Crippen molar-refractivity contribution in [2.75, 3.05) is 18.0 Å². The highest BCUT2D eigenvalue weighted by atomic mass is 32.1. The molecule has 0 aliphatic rings. The van der Waals surface area contributed by atoms with Crippen LogP contribution in [0.25, 0.3) is 0 Å². The number of rotatable bonds is 5. The molecule has 18 heavy (non-hydrogen) atoms. The lowest BCUT2D eigenvalue weighted by Crippen LogP contribution is -2.33. The summed E-state index contributed by atoms with van der Waals surface area (Å²) in [5.74, 6) is 0. The summed E-state index contributed by atoms with van der Waals surface area (Å²) < 4.78 is 0. The van der Waals surface area contributed by atoms with Crippen LogP contribution in [0.5, 0.6) is 0 Å². The highest BCUT2D eigenvalue weighted by Crippen LogP contribution is 2.29. The average Bonchev–Trinajstić information content (AvgIpc) is 2.91. The number of hydrogen-bond donors (Lipinski definition) is 1. The topological polar surface area (TPSA) is 29.3 Å². The molecule has 0 fully saturated rings. The fourth-order valence-corrected chi connectivity index (χ4v) is 3.05. The summed E-state index contributed by atoms with van der Waals surface area (Å²) in [6, 6.07) is 13.2. The molecule has 2 rings (SSSR count).